The highest BCUT2D eigenvalue weighted by Crippen LogP contribution is 2.34. The molecular weight excluding hydrogens is 465 g/mol. The van der Waals surface area contributed by atoms with Gasteiger partial charge in [0.2, 0.25) is 0 Å². The van der Waals surface area contributed by atoms with Gasteiger partial charge in [-0.1, -0.05) is 23.7 Å². The molecule has 2 N–H and O–H groups in total. The molecule has 2 aromatic rings. The third-order valence-corrected chi connectivity index (χ3v) is 6.95. The number of amides is 1. The molecule has 1 atom stereocenters. The van der Waals surface area contributed by atoms with Crippen molar-refractivity contribution < 1.29 is 22.7 Å². The van der Waals surface area contributed by atoms with Gasteiger partial charge in [0.25, 0.3) is 11.6 Å². The largest absolute Gasteiger partial charge is 0.466 e. The maximum absolute atomic E-state index is 12.8. The molecule has 1 heterocycles. The summed E-state index contributed by atoms with van der Waals surface area (Å²) in [5.74, 6) is -1.39. The van der Waals surface area contributed by atoms with E-state index in [-0.39, 0.29) is 26.7 Å². The van der Waals surface area contributed by atoms with Crippen LogP contribution >= 0.6 is 23.2 Å². The lowest BCUT2D eigenvalue weighted by Gasteiger charge is -2.30. The molecule has 11 heteroatoms. The number of carbonyl (C=O) groups excluding carboxylic acids is 2. The van der Waals surface area contributed by atoms with Crippen LogP contribution in [0.25, 0.3) is 0 Å². The maximum Gasteiger partial charge on any atom is 0.359 e. The van der Waals surface area contributed by atoms with Crippen LogP contribution in [0.4, 0.5) is 5.69 Å². The number of aliphatic imine (C=N–C) groups is 1. The molecule has 3 rings (SSSR count). The molecule has 1 aliphatic heterocycles. The fraction of sp³-hybridized carbons (Fsp3) is 0.150. The first-order chi connectivity index (χ1) is 14.7. The molecule has 1 amide bonds. The number of nitrogens with zero attached hydrogens (tertiary/aromatic N) is 1. The molecule has 0 aliphatic carbocycles. The standard InChI is InChI=1S/C20H17Cl2N3O5S/c1-30-19(27)20(23-9-4-10-24-20)15-11-13(7-8-16(15)22)25-18(26)14-5-2-3-6-17(14)31(28,29)12-21/h2-11,23H,12H2,1H3,(H,25,26). The number of rotatable bonds is 6. The SMILES string of the molecule is COC(=O)C1(c2cc(NC(=O)c3ccccc3S(=O)(=O)CCl)ccc2Cl)N=CC=CN1. The van der Waals surface area contributed by atoms with Gasteiger partial charge in [-0.05, 0) is 36.4 Å². The van der Waals surface area contributed by atoms with Gasteiger partial charge >= 0.3 is 5.97 Å². The highest BCUT2D eigenvalue weighted by Gasteiger charge is 2.43. The first-order valence-electron chi connectivity index (χ1n) is 8.81. The number of hydrogen-bond donors (Lipinski definition) is 2. The van der Waals surface area contributed by atoms with Crippen molar-refractivity contribution in [1.82, 2.24) is 5.32 Å². The van der Waals surface area contributed by atoms with E-state index in [0.29, 0.717) is 0 Å². The van der Waals surface area contributed by atoms with Gasteiger partial charge in [0.1, 0.15) is 5.21 Å². The summed E-state index contributed by atoms with van der Waals surface area (Å²) in [6.45, 7) is 0. The molecule has 0 saturated carbocycles. The minimum Gasteiger partial charge on any atom is -0.466 e. The summed E-state index contributed by atoms with van der Waals surface area (Å²) in [5.41, 5.74) is -1.21. The van der Waals surface area contributed by atoms with Crippen LogP contribution in [0, 0.1) is 0 Å². The molecule has 0 saturated heterocycles. The number of carbonyl (C=O) groups is 2. The number of nitrogens with one attached hydrogen (secondary N) is 2. The zero-order chi connectivity index (χ0) is 22.6. The van der Waals surface area contributed by atoms with Crippen LogP contribution in [0.3, 0.4) is 0 Å². The number of esters is 1. The van der Waals surface area contributed by atoms with E-state index in [2.05, 4.69) is 15.6 Å². The molecule has 1 aliphatic rings. The van der Waals surface area contributed by atoms with Gasteiger partial charge in [0, 0.05) is 28.7 Å². The second-order valence-electron chi connectivity index (χ2n) is 6.35. The van der Waals surface area contributed by atoms with Crippen molar-refractivity contribution in [1.29, 1.82) is 0 Å². The molecule has 0 fully saturated rings. The quantitative estimate of drug-likeness (QED) is 0.483. The summed E-state index contributed by atoms with van der Waals surface area (Å²) >= 11 is 11.9. The number of benzene rings is 2. The van der Waals surface area contributed by atoms with Gasteiger partial charge in [-0.2, -0.15) is 0 Å². The first-order valence-corrected chi connectivity index (χ1v) is 11.4. The Morgan fingerprint density at radius 1 is 1.23 bits per heavy atom. The second-order valence-corrected chi connectivity index (χ2v) is 9.30. The molecule has 0 bridgehead atoms. The molecule has 0 aromatic heterocycles. The third kappa shape index (κ3) is 4.43. The molecular formula is C20H17Cl2N3O5S. The lowest BCUT2D eigenvalue weighted by atomic mass is 9.98. The van der Waals surface area contributed by atoms with Crippen molar-refractivity contribution in [2.75, 3.05) is 17.6 Å². The van der Waals surface area contributed by atoms with E-state index < -0.39 is 32.6 Å². The van der Waals surface area contributed by atoms with E-state index in [4.69, 9.17) is 27.9 Å². The summed E-state index contributed by atoms with van der Waals surface area (Å²) in [4.78, 5) is 29.4. The van der Waals surface area contributed by atoms with Crippen molar-refractivity contribution in [3.63, 3.8) is 0 Å². The fourth-order valence-electron chi connectivity index (χ4n) is 2.98. The fourth-order valence-corrected chi connectivity index (χ4v) is 4.49. The lowest BCUT2D eigenvalue weighted by Crippen LogP contribution is -2.47. The van der Waals surface area contributed by atoms with E-state index >= 15 is 0 Å². The van der Waals surface area contributed by atoms with Crippen molar-refractivity contribution in [3.05, 3.63) is 70.9 Å². The van der Waals surface area contributed by atoms with Gasteiger partial charge in [0.05, 0.1) is 17.6 Å². The number of hydrogen-bond acceptors (Lipinski definition) is 7. The second kappa shape index (κ2) is 9.09. The number of sulfone groups is 1. The van der Waals surface area contributed by atoms with Crippen LogP contribution in [0.5, 0.6) is 0 Å². The van der Waals surface area contributed by atoms with E-state index in [1.165, 1.54) is 62.0 Å². The third-order valence-electron chi connectivity index (χ3n) is 4.45. The van der Waals surface area contributed by atoms with Crippen molar-refractivity contribution in [3.8, 4) is 0 Å². The maximum atomic E-state index is 12.8. The Bertz CT molecular complexity index is 1200. The van der Waals surface area contributed by atoms with Crippen LogP contribution in [0.2, 0.25) is 5.02 Å². The average molecular weight is 482 g/mol. The van der Waals surface area contributed by atoms with E-state index in [0.717, 1.165) is 0 Å². The topological polar surface area (TPSA) is 114 Å². The number of allylic oxidation sites excluding steroid dienone is 1. The molecule has 0 spiro atoms. The Kier molecular flexibility index (Phi) is 6.68. The first kappa shape index (κ1) is 22.8. The predicted octanol–water partition coefficient (Wildman–Crippen LogP) is 3.08. The number of halogens is 2. The predicted molar refractivity (Wildman–Crippen MR) is 118 cm³/mol. The normalized spacial score (nSPS) is 17.6. The minimum absolute atomic E-state index is 0.0703. The Morgan fingerprint density at radius 3 is 2.61 bits per heavy atom. The van der Waals surface area contributed by atoms with E-state index in [1.807, 2.05) is 0 Å². The molecule has 2 aromatic carbocycles. The average Bonchev–Trinajstić information content (AvgIpc) is 2.80. The van der Waals surface area contributed by atoms with E-state index in [1.54, 1.807) is 6.08 Å². The van der Waals surface area contributed by atoms with Gasteiger partial charge < -0.3 is 15.4 Å². The summed E-state index contributed by atoms with van der Waals surface area (Å²) in [6, 6.07) is 10.2. The zero-order valence-corrected chi connectivity index (χ0v) is 18.5. The smallest absolute Gasteiger partial charge is 0.359 e. The van der Waals surface area contributed by atoms with Crippen molar-refractivity contribution in [2.24, 2.45) is 4.99 Å². The Labute approximate surface area is 188 Å². The highest BCUT2D eigenvalue weighted by atomic mass is 35.5. The molecule has 31 heavy (non-hydrogen) atoms. The Hall–Kier alpha value is -2.88. The number of anilines is 1. The van der Waals surface area contributed by atoms with Gasteiger partial charge in [-0.3, -0.25) is 4.79 Å². The minimum atomic E-state index is -3.84. The number of methoxy groups -OCH3 is 1. The molecule has 8 nitrogen and oxygen atoms in total. The van der Waals surface area contributed by atoms with Crippen molar-refractivity contribution >= 4 is 56.8 Å². The molecule has 162 valence electrons. The molecule has 0 radical (unpaired) electrons. The van der Waals surface area contributed by atoms with Crippen LogP contribution < -0.4 is 10.6 Å². The van der Waals surface area contributed by atoms with Crippen LogP contribution in [0.15, 0.2) is 64.6 Å². The van der Waals surface area contributed by atoms with Crippen LogP contribution in [0.1, 0.15) is 15.9 Å². The summed E-state index contributed by atoms with van der Waals surface area (Å²) in [7, 11) is -2.62. The van der Waals surface area contributed by atoms with Gasteiger partial charge in [0.15, 0.2) is 9.84 Å². The van der Waals surface area contributed by atoms with Crippen LogP contribution in [-0.2, 0) is 25.0 Å². The van der Waals surface area contributed by atoms with Crippen LogP contribution in [-0.4, -0.2) is 38.8 Å². The Balaban J connectivity index is 2.01. The van der Waals surface area contributed by atoms with Gasteiger partial charge in [-0.15, -0.1) is 11.6 Å². The number of ether oxygens (including phenoxy) is 1. The summed E-state index contributed by atoms with van der Waals surface area (Å²) in [5, 5.41) is 5.00. The Morgan fingerprint density at radius 2 is 1.97 bits per heavy atom. The van der Waals surface area contributed by atoms with Crippen molar-refractivity contribution in [2.45, 2.75) is 10.6 Å². The van der Waals surface area contributed by atoms with Gasteiger partial charge in [-0.25, -0.2) is 18.2 Å². The summed E-state index contributed by atoms with van der Waals surface area (Å²) < 4.78 is 29.3. The van der Waals surface area contributed by atoms with E-state index in [9.17, 15) is 18.0 Å². The monoisotopic (exact) mass is 481 g/mol. The highest BCUT2D eigenvalue weighted by molar-refractivity contribution is 7.92. The summed E-state index contributed by atoms with van der Waals surface area (Å²) in [6.07, 6.45) is 4.52. The lowest BCUT2D eigenvalue weighted by molar-refractivity contribution is -0.148. The number of alkyl halides is 1. The molecule has 1 unspecified atom stereocenters. The zero-order valence-electron chi connectivity index (χ0n) is 16.1.